The van der Waals surface area contributed by atoms with Crippen LogP contribution in [0.15, 0.2) is 11.6 Å². The van der Waals surface area contributed by atoms with E-state index in [0.29, 0.717) is 35.3 Å². The second-order valence-electron chi connectivity index (χ2n) is 8.48. The zero-order valence-corrected chi connectivity index (χ0v) is 18.9. The van der Waals surface area contributed by atoms with Gasteiger partial charge in [0, 0.05) is 36.1 Å². The van der Waals surface area contributed by atoms with E-state index >= 15 is 0 Å². The topological polar surface area (TPSA) is 65.4 Å². The molecular formula is C21H31FIN3O2. The Kier molecular flexibility index (Phi) is 7.74. The minimum absolute atomic E-state index is 0.0659. The van der Waals surface area contributed by atoms with Crippen molar-refractivity contribution in [2.75, 3.05) is 20.2 Å². The lowest BCUT2D eigenvalue weighted by molar-refractivity contribution is -0.132. The molecule has 2 saturated heterocycles. The molecule has 0 radical (unpaired) electrons. The van der Waals surface area contributed by atoms with Gasteiger partial charge in [0.15, 0.2) is 6.30 Å². The van der Waals surface area contributed by atoms with Gasteiger partial charge in [0.25, 0.3) is 5.91 Å². The Balaban J connectivity index is 1.74. The molecule has 3 aliphatic rings. The van der Waals surface area contributed by atoms with Crippen LogP contribution >= 0.6 is 22.6 Å². The lowest BCUT2D eigenvalue weighted by Gasteiger charge is -2.44. The van der Waals surface area contributed by atoms with Crippen molar-refractivity contribution in [3.63, 3.8) is 0 Å². The summed E-state index contributed by atoms with van der Waals surface area (Å²) in [6.45, 7) is 3.26. The predicted molar refractivity (Wildman–Crippen MR) is 115 cm³/mol. The molecule has 3 rings (SSSR count). The highest BCUT2D eigenvalue weighted by atomic mass is 127. The average Bonchev–Trinajstić information content (AvgIpc) is 2.88. The number of nitrogens with one attached hydrogen (secondary N) is 1. The SMILES string of the molecule is COC1CNC(F)C(/C=C(\C#N)C(=O)N2CCC3CCCC(I)CC3C2C)C1. The van der Waals surface area contributed by atoms with Crippen molar-refractivity contribution in [3.05, 3.63) is 11.6 Å². The van der Waals surface area contributed by atoms with Gasteiger partial charge in [-0.25, -0.2) is 4.39 Å². The van der Waals surface area contributed by atoms with Crippen LogP contribution in [-0.4, -0.2) is 53.4 Å². The summed E-state index contributed by atoms with van der Waals surface area (Å²) in [6, 6.07) is 2.17. The second-order valence-corrected chi connectivity index (χ2v) is 10.2. The fraction of sp³-hybridized carbons (Fsp3) is 0.810. The molecule has 156 valence electrons. The highest BCUT2D eigenvalue weighted by Crippen LogP contribution is 2.41. The standard InChI is InChI=1S/C21H31FIN3O2/c1-13-19-10-17(23)5-3-4-14(19)6-7-26(13)21(27)16(11-24)8-15-9-18(28-2)12-25-20(15)22/h8,13-15,17-20,25H,3-7,9-10,12H2,1-2H3/b16-8+. The minimum Gasteiger partial charge on any atom is -0.380 e. The number of amides is 1. The maximum absolute atomic E-state index is 14.3. The number of rotatable bonds is 3. The number of carbonyl (C=O) groups is 1. The van der Waals surface area contributed by atoms with Gasteiger partial charge in [0.2, 0.25) is 0 Å². The number of likely N-dealkylation sites (tertiary alicyclic amines) is 1. The largest absolute Gasteiger partial charge is 0.380 e. The second kappa shape index (κ2) is 9.86. The molecule has 0 bridgehead atoms. The first kappa shape index (κ1) is 22.0. The van der Waals surface area contributed by atoms with E-state index in [0.717, 1.165) is 12.8 Å². The first-order valence-electron chi connectivity index (χ1n) is 10.4. The van der Waals surface area contributed by atoms with Gasteiger partial charge in [0.05, 0.1) is 6.10 Å². The Hall–Kier alpha value is -0.720. The van der Waals surface area contributed by atoms with Crippen LogP contribution in [0.25, 0.3) is 0 Å². The van der Waals surface area contributed by atoms with Crippen molar-refractivity contribution >= 4 is 28.5 Å². The molecule has 7 atom stereocenters. The normalized spacial score (nSPS) is 39.6. The molecule has 0 aromatic carbocycles. The van der Waals surface area contributed by atoms with Crippen LogP contribution in [0.5, 0.6) is 0 Å². The smallest absolute Gasteiger partial charge is 0.264 e. The number of alkyl halides is 2. The number of ether oxygens (including phenoxy) is 1. The zero-order valence-electron chi connectivity index (χ0n) is 16.7. The van der Waals surface area contributed by atoms with Crippen molar-refractivity contribution < 1.29 is 13.9 Å². The predicted octanol–water partition coefficient (Wildman–Crippen LogP) is 3.59. The van der Waals surface area contributed by atoms with Crippen molar-refractivity contribution in [1.29, 1.82) is 5.26 Å². The van der Waals surface area contributed by atoms with Gasteiger partial charge >= 0.3 is 0 Å². The molecule has 0 aromatic rings. The van der Waals surface area contributed by atoms with E-state index in [-0.39, 0.29) is 23.6 Å². The summed E-state index contributed by atoms with van der Waals surface area (Å²) in [7, 11) is 1.60. The van der Waals surface area contributed by atoms with Gasteiger partial charge in [-0.1, -0.05) is 41.5 Å². The van der Waals surface area contributed by atoms with Crippen LogP contribution in [0.1, 0.15) is 45.4 Å². The van der Waals surface area contributed by atoms with Crippen LogP contribution in [0.4, 0.5) is 4.39 Å². The third kappa shape index (κ3) is 4.88. The van der Waals surface area contributed by atoms with Crippen LogP contribution in [0, 0.1) is 29.1 Å². The summed E-state index contributed by atoms with van der Waals surface area (Å²) in [5.74, 6) is 0.398. The average molecular weight is 503 g/mol. The molecule has 1 saturated carbocycles. The molecule has 0 spiro atoms. The summed E-state index contributed by atoms with van der Waals surface area (Å²) in [5.41, 5.74) is 0.0659. The van der Waals surface area contributed by atoms with E-state index in [1.54, 1.807) is 7.11 Å². The van der Waals surface area contributed by atoms with Crippen LogP contribution in [0.2, 0.25) is 0 Å². The third-order valence-electron chi connectivity index (χ3n) is 6.86. The Bertz CT molecular complexity index is 638. The van der Waals surface area contributed by atoms with Crippen molar-refractivity contribution in [2.45, 2.75) is 67.8 Å². The molecule has 7 unspecified atom stereocenters. The zero-order chi connectivity index (χ0) is 20.3. The highest BCUT2D eigenvalue weighted by Gasteiger charge is 2.40. The summed E-state index contributed by atoms with van der Waals surface area (Å²) in [5, 5.41) is 12.4. The first-order chi connectivity index (χ1) is 13.4. The van der Waals surface area contributed by atoms with Crippen molar-refractivity contribution in [2.24, 2.45) is 17.8 Å². The Labute approximate surface area is 181 Å². The molecule has 5 nitrogen and oxygen atoms in total. The van der Waals surface area contributed by atoms with Crippen LogP contribution < -0.4 is 5.32 Å². The van der Waals surface area contributed by atoms with Gasteiger partial charge in [0.1, 0.15) is 11.6 Å². The number of methoxy groups -OCH3 is 1. The summed E-state index contributed by atoms with van der Waals surface area (Å²) >= 11 is 2.54. The van der Waals surface area contributed by atoms with Crippen LogP contribution in [0.3, 0.4) is 0 Å². The van der Waals surface area contributed by atoms with Crippen LogP contribution in [-0.2, 0) is 9.53 Å². The van der Waals surface area contributed by atoms with Gasteiger partial charge < -0.3 is 9.64 Å². The lowest BCUT2D eigenvalue weighted by atomic mass is 9.77. The Morgan fingerprint density at radius 2 is 2.14 bits per heavy atom. The lowest BCUT2D eigenvalue weighted by Crippen LogP contribution is -2.51. The third-order valence-corrected chi connectivity index (χ3v) is 7.99. The number of hydrogen-bond donors (Lipinski definition) is 1. The van der Waals surface area contributed by atoms with Gasteiger partial charge in [-0.3, -0.25) is 10.1 Å². The number of piperidine rings is 2. The van der Waals surface area contributed by atoms with Crippen molar-refractivity contribution in [3.8, 4) is 6.07 Å². The fourth-order valence-electron chi connectivity index (χ4n) is 5.16. The monoisotopic (exact) mass is 503 g/mol. The molecule has 2 heterocycles. The highest BCUT2D eigenvalue weighted by molar-refractivity contribution is 14.1. The van der Waals surface area contributed by atoms with E-state index in [9.17, 15) is 14.4 Å². The number of hydrogen-bond acceptors (Lipinski definition) is 4. The number of carbonyl (C=O) groups excluding carboxylic acids is 1. The maximum atomic E-state index is 14.3. The van der Waals surface area contributed by atoms with E-state index in [2.05, 4.69) is 34.8 Å². The quantitative estimate of drug-likeness (QED) is 0.210. The van der Waals surface area contributed by atoms with Gasteiger partial charge in [-0.2, -0.15) is 5.26 Å². The number of nitriles is 1. The van der Waals surface area contributed by atoms with E-state index < -0.39 is 12.2 Å². The molecule has 1 aliphatic carbocycles. The number of halogens is 2. The van der Waals surface area contributed by atoms with E-state index in [4.69, 9.17) is 4.74 Å². The molecule has 28 heavy (non-hydrogen) atoms. The summed E-state index contributed by atoms with van der Waals surface area (Å²) in [4.78, 5) is 15.0. The van der Waals surface area contributed by atoms with E-state index in [1.165, 1.54) is 25.3 Å². The molecule has 1 amide bonds. The van der Waals surface area contributed by atoms with Gasteiger partial charge in [-0.05, 0) is 44.4 Å². The number of nitrogens with zero attached hydrogens (tertiary/aromatic N) is 2. The van der Waals surface area contributed by atoms with Crippen molar-refractivity contribution in [1.82, 2.24) is 10.2 Å². The molecule has 0 aromatic heterocycles. The Morgan fingerprint density at radius 1 is 1.36 bits per heavy atom. The fourth-order valence-corrected chi connectivity index (χ4v) is 6.18. The van der Waals surface area contributed by atoms with E-state index in [1.807, 2.05) is 11.0 Å². The summed E-state index contributed by atoms with van der Waals surface area (Å²) < 4.78 is 20.3. The summed E-state index contributed by atoms with van der Waals surface area (Å²) in [6.07, 6.45) is 6.54. The molecule has 3 fully saturated rings. The first-order valence-corrected chi connectivity index (χ1v) is 11.7. The minimum atomic E-state index is -1.26. The Morgan fingerprint density at radius 3 is 2.86 bits per heavy atom. The molecule has 1 N–H and O–H groups in total. The maximum Gasteiger partial charge on any atom is 0.264 e. The molecule has 7 heteroatoms. The molecule has 2 aliphatic heterocycles. The number of fused-ring (bicyclic) bond motifs is 1. The van der Waals surface area contributed by atoms with Gasteiger partial charge in [-0.15, -0.1) is 0 Å². The molecular weight excluding hydrogens is 472 g/mol.